The van der Waals surface area contributed by atoms with Gasteiger partial charge in [-0.1, -0.05) is 0 Å². The number of unbranched alkanes of at least 4 members (excludes halogenated alkanes) is 2. The third kappa shape index (κ3) is 6.05. The van der Waals surface area contributed by atoms with Crippen molar-refractivity contribution in [2.24, 2.45) is 0 Å². The van der Waals surface area contributed by atoms with E-state index in [9.17, 15) is 0 Å². The Balaban J connectivity index is 2.34. The van der Waals surface area contributed by atoms with Crippen LogP contribution in [0, 0.1) is 0 Å². The zero-order chi connectivity index (χ0) is 4.83. The summed E-state index contributed by atoms with van der Waals surface area (Å²) in [5.41, 5.74) is 0. The van der Waals surface area contributed by atoms with Crippen molar-refractivity contribution in [3.05, 3.63) is 0 Å². The fourth-order valence-corrected chi connectivity index (χ4v) is 2.07. The second kappa shape index (κ2) is 7.05. The Morgan fingerprint density at radius 1 is 1.33 bits per heavy atom. The van der Waals surface area contributed by atoms with Crippen LogP contribution in [-0.4, -0.2) is 65.9 Å². The van der Waals surface area contributed by atoms with Crippen LogP contribution in [0.2, 0.25) is -2.15 Å². The molecular weight excluding hydrogens is 193 g/mol. The first-order chi connectivity index (χ1) is 2.91. The standard InChI is InChI=1S/C5H11.Cs/c1-3-5-4-2;/h1,3-5H2,2H3;. The second-order valence-electron chi connectivity index (χ2n) is 1.71. The van der Waals surface area contributed by atoms with E-state index in [4.69, 9.17) is 0 Å². The predicted octanol–water partition coefficient (Wildman–Crippen LogP) is 1.76. The van der Waals surface area contributed by atoms with Gasteiger partial charge in [-0.3, -0.25) is 0 Å². The Morgan fingerprint density at radius 2 is 2.00 bits per heavy atom. The summed E-state index contributed by atoms with van der Waals surface area (Å²) in [6.07, 6.45) is 4.37. The molecule has 0 spiro atoms. The van der Waals surface area contributed by atoms with E-state index in [2.05, 4.69) is 6.92 Å². The minimum absolute atomic E-state index is 0.906. The maximum atomic E-state index is 2.26. The molecule has 0 saturated carbocycles. The average molecular weight is 204 g/mol. The third-order valence-corrected chi connectivity index (χ3v) is 3.18. The molecule has 0 bridgehead atoms. The van der Waals surface area contributed by atoms with Gasteiger partial charge in [0.2, 0.25) is 0 Å². The SMILES string of the molecule is CCCC[CH2][Cs]. The van der Waals surface area contributed by atoms with Gasteiger partial charge in [0.05, 0.1) is 0 Å². The molecule has 0 aromatic rings. The van der Waals surface area contributed by atoms with Crippen molar-refractivity contribution in [2.45, 2.75) is 24.0 Å². The van der Waals surface area contributed by atoms with Crippen molar-refractivity contribution in [3.8, 4) is 0 Å². The molecule has 0 radical (unpaired) electrons. The van der Waals surface area contributed by atoms with Crippen molar-refractivity contribution < 1.29 is 0 Å². The molecule has 0 aliphatic carbocycles. The Morgan fingerprint density at radius 3 is 2.17 bits per heavy atom. The zero-order valence-corrected chi connectivity index (χ0v) is 11.1. The van der Waals surface area contributed by atoms with Crippen LogP contribution in [0.15, 0.2) is 0 Å². The molecule has 0 unspecified atom stereocenters. The second-order valence-corrected chi connectivity index (χ2v) is 4.85. The number of rotatable bonds is 3. The van der Waals surface area contributed by atoms with Crippen LogP contribution >= 0.6 is 0 Å². The van der Waals surface area contributed by atoms with Crippen molar-refractivity contribution in [2.75, 3.05) is 0 Å². The van der Waals surface area contributed by atoms with Gasteiger partial charge in [0, 0.05) is 0 Å². The van der Waals surface area contributed by atoms with Gasteiger partial charge in [-0.25, -0.2) is 0 Å². The van der Waals surface area contributed by atoms with Crippen LogP contribution in [-0.2, 0) is 0 Å². The first-order valence-electron chi connectivity index (χ1n) is 2.91. The molecular formula is C5H11Cs. The van der Waals surface area contributed by atoms with Crippen LogP contribution in [0.3, 0.4) is 0 Å². The van der Waals surface area contributed by atoms with Gasteiger partial charge in [0.25, 0.3) is 0 Å². The van der Waals surface area contributed by atoms with Crippen LogP contribution in [0.5, 0.6) is 0 Å². The predicted molar refractivity (Wildman–Crippen MR) is 30.1 cm³/mol. The van der Waals surface area contributed by atoms with E-state index >= 15 is 0 Å². The quantitative estimate of drug-likeness (QED) is 0.614. The fraction of sp³-hybridized carbons (Fsp3) is 1.00. The number of hydrogen-bond acceptors (Lipinski definition) is 0. The van der Waals surface area contributed by atoms with Crippen molar-refractivity contribution in [1.29, 1.82) is 0 Å². The number of hydrogen-bond donors (Lipinski definition) is 0. The monoisotopic (exact) mass is 204 g/mol. The van der Waals surface area contributed by atoms with Crippen LogP contribution in [0.4, 0.5) is 0 Å². The van der Waals surface area contributed by atoms with Gasteiger partial charge in [0.1, 0.15) is 0 Å². The fourth-order valence-electron chi connectivity index (χ4n) is 0.500. The Labute approximate surface area is 87.5 Å². The molecule has 0 saturated heterocycles. The molecule has 0 fully saturated rings. The first-order valence-corrected chi connectivity index (χ1v) is 7.35. The Kier molecular flexibility index (Phi) is 9.46. The minimum atomic E-state index is 0.906. The molecule has 0 aromatic heterocycles. The molecule has 0 amide bonds. The van der Waals surface area contributed by atoms with Crippen LogP contribution in [0.25, 0.3) is 0 Å². The summed E-state index contributed by atoms with van der Waals surface area (Å²) < 4.78 is 1.58. The topological polar surface area (TPSA) is 0 Å². The van der Waals surface area contributed by atoms with Gasteiger partial charge in [-0.15, -0.1) is 0 Å². The molecule has 1 heteroatoms. The normalized spacial score (nSPS) is 9.17. The van der Waals surface area contributed by atoms with Gasteiger partial charge in [-0.2, -0.15) is 0 Å². The summed E-state index contributed by atoms with van der Waals surface area (Å²) in [5, 5.41) is 0. The van der Waals surface area contributed by atoms with E-state index in [1.807, 2.05) is 0 Å². The summed E-state index contributed by atoms with van der Waals surface area (Å²) in [5.74, 6) is 0. The average Bonchev–Trinajstić information content (AvgIpc) is 1.61. The van der Waals surface area contributed by atoms with Gasteiger partial charge in [0.15, 0.2) is 0 Å². The van der Waals surface area contributed by atoms with E-state index in [1.54, 1.807) is -2.15 Å². The summed E-state index contributed by atoms with van der Waals surface area (Å²) in [6.45, 7) is 2.26. The van der Waals surface area contributed by atoms with E-state index in [0.717, 1.165) is 65.9 Å². The molecule has 32 valence electrons. The van der Waals surface area contributed by atoms with Crippen molar-refractivity contribution in [3.63, 3.8) is 0 Å². The van der Waals surface area contributed by atoms with Gasteiger partial charge < -0.3 is 0 Å². The molecule has 0 nitrogen and oxygen atoms in total. The summed E-state index contributed by atoms with van der Waals surface area (Å²) in [4.78, 5) is 0. The van der Waals surface area contributed by atoms with E-state index < -0.39 is 0 Å². The van der Waals surface area contributed by atoms with E-state index in [1.165, 1.54) is 19.3 Å². The Hall–Kier alpha value is 2.05. The third-order valence-electron chi connectivity index (χ3n) is 0.957. The van der Waals surface area contributed by atoms with Crippen LogP contribution < -0.4 is 0 Å². The Bertz CT molecular complexity index is 15.9. The van der Waals surface area contributed by atoms with Gasteiger partial charge >= 0.3 is 90.0 Å². The summed E-state index contributed by atoms with van der Waals surface area (Å²) in [7, 11) is 0. The maximum absolute atomic E-state index is 2.26. The zero-order valence-electron chi connectivity index (χ0n) is 4.83. The first kappa shape index (κ1) is 8.05. The van der Waals surface area contributed by atoms with Crippen LogP contribution in [0.1, 0.15) is 26.2 Å². The van der Waals surface area contributed by atoms with Crippen molar-refractivity contribution in [1.82, 2.24) is 0 Å². The molecule has 0 aliphatic heterocycles. The van der Waals surface area contributed by atoms with E-state index in [-0.39, 0.29) is 0 Å². The van der Waals surface area contributed by atoms with E-state index in [0.29, 0.717) is 0 Å². The molecule has 0 rings (SSSR count). The van der Waals surface area contributed by atoms with Gasteiger partial charge in [-0.05, 0) is 0 Å². The van der Waals surface area contributed by atoms with Crippen molar-refractivity contribution >= 4 is 65.9 Å². The molecule has 6 heavy (non-hydrogen) atoms. The molecule has 0 aliphatic rings. The molecule has 0 atom stereocenters. The molecule has 0 N–H and O–H groups in total. The summed E-state index contributed by atoms with van der Waals surface area (Å²) >= 11 is 0.906. The summed E-state index contributed by atoms with van der Waals surface area (Å²) in [6, 6.07) is 0. The molecule has 0 heterocycles. The molecule has 0 aromatic carbocycles.